The van der Waals surface area contributed by atoms with Crippen LogP contribution in [0, 0.1) is 0 Å². The van der Waals surface area contributed by atoms with Crippen LogP contribution in [-0.2, 0) is 6.54 Å². The zero-order chi connectivity index (χ0) is 11.5. The quantitative estimate of drug-likeness (QED) is 0.928. The summed E-state index contributed by atoms with van der Waals surface area (Å²) in [7, 11) is 0. The number of nitrogens with one attached hydrogen (secondary N) is 1. The molecule has 0 aliphatic carbocycles. The molecule has 0 saturated carbocycles. The number of nitrogens with zero attached hydrogens (tertiary/aromatic N) is 2. The zero-order valence-corrected chi connectivity index (χ0v) is 11.7. The van der Waals surface area contributed by atoms with Crippen molar-refractivity contribution in [2.24, 2.45) is 0 Å². The molecular weight excluding hydrogens is 286 g/mol. The summed E-state index contributed by atoms with van der Waals surface area (Å²) in [4.78, 5) is 1.31. The van der Waals surface area contributed by atoms with E-state index in [1.54, 1.807) is 11.3 Å². The standard InChI is InChI=1S/C11H14BrN3S/c1-3-15-7-9(6-13-15)14-8(2)11-10(12)4-5-16-11/h4-8,14H,3H2,1-2H3. The smallest absolute Gasteiger partial charge is 0.0731 e. The fourth-order valence-corrected chi connectivity index (χ4v) is 3.27. The summed E-state index contributed by atoms with van der Waals surface area (Å²) in [6, 6.07) is 2.37. The monoisotopic (exact) mass is 299 g/mol. The second kappa shape index (κ2) is 5.01. The van der Waals surface area contributed by atoms with Gasteiger partial charge in [0.05, 0.1) is 17.9 Å². The molecule has 0 aromatic carbocycles. The summed E-state index contributed by atoms with van der Waals surface area (Å²) in [5, 5.41) is 9.76. The maximum absolute atomic E-state index is 4.24. The van der Waals surface area contributed by atoms with Crippen molar-refractivity contribution >= 4 is 33.0 Å². The highest BCUT2D eigenvalue weighted by molar-refractivity contribution is 9.10. The van der Waals surface area contributed by atoms with Crippen LogP contribution in [0.2, 0.25) is 0 Å². The number of aromatic nitrogens is 2. The SMILES string of the molecule is CCn1cc(NC(C)c2sccc2Br)cn1. The Morgan fingerprint density at radius 1 is 1.62 bits per heavy atom. The number of aryl methyl sites for hydroxylation is 1. The van der Waals surface area contributed by atoms with Gasteiger partial charge in [-0.3, -0.25) is 4.68 Å². The van der Waals surface area contributed by atoms with Gasteiger partial charge in [-0.15, -0.1) is 11.3 Å². The molecular formula is C11H14BrN3S. The first-order chi connectivity index (χ1) is 7.70. The normalized spacial score (nSPS) is 12.7. The topological polar surface area (TPSA) is 29.9 Å². The van der Waals surface area contributed by atoms with E-state index in [0.717, 1.165) is 12.2 Å². The van der Waals surface area contributed by atoms with Gasteiger partial charge in [0, 0.05) is 22.1 Å². The van der Waals surface area contributed by atoms with Crippen LogP contribution in [0.15, 0.2) is 28.3 Å². The van der Waals surface area contributed by atoms with Gasteiger partial charge in [-0.05, 0) is 41.2 Å². The molecule has 2 rings (SSSR count). The lowest BCUT2D eigenvalue weighted by Gasteiger charge is -2.12. The van der Waals surface area contributed by atoms with E-state index in [1.807, 2.05) is 17.1 Å². The van der Waals surface area contributed by atoms with Crippen LogP contribution in [0.5, 0.6) is 0 Å². The molecule has 0 aliphatic heterocycles. The van der Waals surface area contributed by atoms with Gasteiger partial charge in [-0.2, -0.15) is 5.10 Å². The molecule has 86 valence electrons. The average Bonchev–Trinajstić information content (AvgIpc) is 2.86. The fraction of sp³-hybridized carbons (Fsp3) is 0.364. The summed E-state index contributed by atoms with van der Waals surface area (Å²) in [6.07, 6.45) is 3.89. The fourth-order valence-electron chi connectivity index (χ4n) is 1.54. The van der Waals surface area contributed by atoms with E-state index in [0.29, 0.717) is 6.04 Å². The molecule has 3 nitrogen and oxygen atoms in total. The van der Waals surface area contributed by atoms with Crippen molar-refractivity contribution in [2.45, 2.75) is 26.4 Å². The van der Waals surface area contributed by atoms with Crippen LogP contribution in [-0.4, -0.2) is 9.78 Å². The van der Waals surface area contributed by atoms with E-state index >= 15 is 0 Å². The van der Waals surface area contributed by atoms with Crippen molar-refractivity contribution in [3.8, 4) is 0 Å². The predicted octanol–water partition coefficient (Wildman–Crippen LogP) is 3.90. The number of hydrogen-bond acceptors (Lipinski definition) is 3. The Morgan fingerprint density at radius 2 is 2.44 bits per heavy atom. The Balaban J connectivity index is 2.07. The summed E-state index contributed by atoms with van der Waals surface area (Å²) >= 11 is 5.30. The van der Waals surface area contributed by atoms with E-state index in [4.69, 9.17) is 0 Å². The maximum Gasteiger partial charge on any atom is 0.0731 e. The summed E-state index contributed by atoms with van der Waals surface area (Å²) in [5.74, 6) is 0. The van der Waals surface area contributed by atoms with Gasteiger partial charge in [-0.1, -0.05) is 0 Å². The number of halogens is 1. The van der Waals surface area contributed by atoms with Crippen LogP contribution in [0.25, 0.3) is 0 Å². The molecule has 0 amide bonds. The lowest BCUT2D eigenvalue weighted by atomic mass is 10.2. The molecule has 2 aromatic heterocycles. The van der Waals surface area contributed by atoms with Gasteiger partial charge in [0.15, 0.2) is 0 Å². The van der Waals surface area contributed by atoms with E-state index < -0.39 is 0 Å². The number of hydrogen-bond donors (Lipinski definition) is 1. The van der Waals surface area contributed by atoms with Gasteiger partial charge < -0.3 is 5.32 Å². The van der Waals surface area contributed by atoms with Crippen molar-refractivity contribution in [1.29, 1.82) is 0 Å². The number of rotatable bonds is 4. The molecule has 0 bridgehead atoms. The third-order valence-electron chi connectivity index (χ3n) is 2.38. The summed E-state index contributed by atoms with van der Waals surface area (Å²) < 4.78 is 3.08. The Morgan fingerprint density at radius 3 is 3.00 bits per heavy atom. The molecule has 5 heteroatoms. The van der Waals surface area contributed by atoms with Crippen LogP contribution >= 0.6 is 27.3 Å². The van der Waals surface area contributed by atoms with E-state index in [-0.39, 0.29) is 0 Å². The number of thiophene rings is 1. The zero-order valence-electron chi connectivity index (χ0n) is 9.27. The first-order valence-corrected chi connectivity index (χ1v) is 6.90. The van der Waals surface area contributed by atoms with Crippen LogP contribution in [0.1, 0.15) is 24.8 Å². The van der Waals surface area contributed by atoms with E-state index in [2.05, 4.69) is 51.6 Å². The lowest BCUT2D eigenvalue weighted by Crippen LogP contribution is -2.04. The Labute approximate surface area is 108 Å². The van der Waals surface area contributed by atoms with Crippen LogP contribution in [0.4, 0.5) is 5.69 Å². The lowest BCUT2D eigenvalue weighted by molar-refractivity contribution is 0.660. The van der Waals surface area contributed by atoms with Crippen molar-refractivity contribution in [1.82, 2.24) is 9.78 Å². The number of anilines is 1. The van der Waals surface area contributed by atoms with Crippen LogP contribution < -0.4 is 5.32 Å². The minimum absolute atomic E-state index is 0.295. The molecule has 16 heavy (non-hydrogen) atoms. The molecule has 0 fully saturated rings. The first kappa shape index (κ1) is 11.7. The van der Waals surface area contributed by atoms with Gasteiger partial charge in [0.1, 0.15) is 0 Å². The third-order valence-corrected chi connectivity index (χ3v) is 4.43. The van der Waals surface area contributed by atoms with Gasteiger partial charge in [0.2, 0.25) is 0 Å². The summed E-state index contributed by atoms with van der Waals surface area (Å²) in [5.41, 5.74) is 1.06. The summed E-state index contributed by atoms with van der Waals surface area (Å²) in [6.45, 7) is 5.13. The maximum atomic E-state index is 4.24. The van der Waals surface area contributed by atoms with Crippen molar-refractivity contribution in [3.05, 3.63) is 33.2 Å². The highest BCUT2D eigenvalue weighted by atomic mass is 79.9. The minimum atomic E-state index is 0.295. The Hall–Kier alpha value is -0.810. The van der Waals surface area contributed by atoms with Gasteiger partial charge in [-0.25, -0.2) is 0 Å². The Kier molecular flexibility index (Phi) is 3.66. The minimum Gasteiger partial charge on any atom is -0.375 e. The molecule has 1 unspecified atom stereocenters. The molecule has 0 saturated heterocycles. The molecule has 2 heterocycles. The molecule has 0 spiro atoms. The largest absolute Gasteiger partial charge is 0.375 e. The molecule has 0 aliphatic rings. The van der Waals surface area contributed by atoms with Crippen LogP contribution in [0.3, 0.4) is 0 Å². The molecule has 2 aromatic rings. The molecule has 1 N–H and O–H groups in total. The van der Waals surface area contributed by atoms with E-state index in [9.17, 15) is 0 Å². The van der Waals surface area contributed by atoms with Crippen molar-refractivity contribution in [2.75, 3.05) is 5.32 Å². The highest BCUT2D eigenvalue weighted by Crippen LogP contribution is 2.30. The second-order valence-corrected chi connectivity index (χ2v) is 5.39. The van der Waals surface area contributed by atoms with Crippen molar-refractivity contribution < 1.29 is 0 Å². The van der Waals surface area contributed by atoms with Gasteiger partial charge >= 0.3 is 0 Å². The predicted molar refractivity (Wildman–Crippen MR) is 72.0 cm³/mol. The Bertz CT molecular complexity index is 463. The molecule has 0 radical (unpaired) electrons. The van der Waals surface area contributed by atoms with Gasteiger partial charge in [0.25, 0.3) is 0 Å². The van der Waals surface area contributed by atoms with Crippen molar-refractivity contribution in [3.63, 3.8) is 0 Å². The van der Waals surface area contributed by atoms with E-state index in [1.165, 1.54) is 9.35 Å². The first-order valence-electron chi connectivity index (χ1n) is 5.22. The molecule has 1 atom stereocenters. The second-order valence-electron chi connectivity index (χ2n) is 3.58. The highest BCUT2D eigenvalue weighted by Gasteiger charge is 2.11. The average molecular weight is 300 g/mol. The third kappa shape index (κ3) is 2.47.